The van der Waals surface area contributed by atoms with Gasteiger partial charge in [0.1, 0.15) is 0 Å². The van der Waals surface area contributed by atoms with Crippen LogP contribution in [0.5, 0.6) is 0 Å². The number of carbonyl (C=O) groups is 1. The average molecular weight is 343 g/mol. The van der Waals surface area contributed by atoms with Crippen LogP contribution in [0.4, 0.5) is 0 Å². The van der Waals surface area contributed by atoms with Crippen molar-refractivity contribution in [1.29, 1.82) is 0 Å². The number of rotatable bonds is 2. The maximum Gasteiger partial charge on any atom is 0.330 e. The van der Waals surface area contributed by atoms with Crippen LogP contribution in [-0.2, 0) is 4.79 Å². The summed E-state index contributed by atoms with van der Waals surface area (Å²) in [5.41, 5.74) is 2.57. The van der Waals surface area contributed by atoms with Gasteiger partial charge in [0, 0.05) is 31.1 Å². The first-order chi connectivity index (χ1) is 11.8. The Morgan fingerprint density at radius 1 is 1.12 bits per heavy atom. The van der Waals surface area contributed by atoms with Crippen molar-refractivity contribution in [3.63, 3.8) is 0 Å². The highest BCUT2D eigenvalue weighted by atomic mass is 16.2. The lowest BCUT2D eigenvalue weighted by Crippen LogP contribution is -2.38. The van der Waals surface area contributed by atoms with Gasteiger partial charge in [-0.05, 0) is 24.1 Å². The standard InChI is InChI=1S/C16H19N3O2.C4H10/c1-11(2)15(20)18-9-7-12(8-10-18)19-14-6-4-3-5-13(14)17-16(19)21;1-4(2)3/h3-7,11H,8-10H2,1-2H3,(H,17,21);4H,1-3H3. The van der Waals surface area contributed by atoms with Gasteiger partial charge in [0.25, 0.3) is 0 Å². The number of nitrogens with one attached hydrogen (secondary N) is 1. The minimum Gasteiger partial charge on any atom is -0.338 e. The van der Waals surface area contributed by atoms with Crippen LogP contribution in [0, 0.1) is 11.8 Å². The Bertz CT molecular complexity index is 809. The van der Waals surface area contributed by atoms with Crippen molar-refractivity contribution >= 4 is 22.6 Å². The number of benzene rings is 1. The van der Waals surface area contributed by atoms with Crippen LogP contribution in [0.3, 0.4) is 0 Å². The maximum absolute atomic E-state index is 12.1. The number of H-pyrrole nitrogens is 1. The highest BCUT2D eigenvalue weighted by Gasteiger charge is 2.21. The van der Waals surface area contributed by atoms with Gasteiger partial charge < -0.3 is 9.88 Å². The Balaban J connectivity index is 0.000000511. The van der Waals surface area contributed by atoms with Gasteiger partial charge in [-0.3, -0.25) is 9.36 Å². The number of aromatic amines is 1. The van der Waals surface area contributed by atoms with Crippen molar-refractivity contribution in [2.24, 2.45) is 11.8 Å². The van der Waals surface area contributed by atoms with E-state index in [0.29, 0.717) is 19.5 Å². The first kappa shape index (κ1) is 19.0. The molecule has 5 nitrogen and oxygen atoms in total. The van der Waals surface area contributed by atoms with Gasteiger partial charge in [0.2, 0.25) is 5.91 Å². The number of hydrogen-bond acceptors (Lipinski definition) is 2. The van der Waals surface area contributed by atoms with Crippen LogP contribution in [0.15, 0.2) is 35.1 Å². The molecule has 1 aliphatic heterocycles. The second kappa shape index (κ2) is 8.19. The SMILES string of the molecule is CC(C)C.CC(C)C(=O)N1CC=C(n2c(=O)[nH]c3ccccc32)CC1. The van der Waals surface area contributed by atoms with E-state index in [2.05, 4.69) is 25.8 Å². The van der Waals surface area contributed by atoms with Crippen LogP contribution < -0.4 is 5.69 Å². The maximum atomic E-state index is 12.1. The van der Waals surface area contributed by atoms with E-state index in [9.17, 15) is 9.59 Å². The summed E-state index contributed by atoms with van der Waals surface area (Å²) >= 11 is 0. The summed E-state index contributed by atoms with van der Waals surface area (Å²) in [6.45, 7) is 11.5. The van der Waals surface area contributed by atoms with E-state index in [0.717, 1.165) is 22.6 Å². The van der Waals surface area contributed by atoms with Gasteiger partial charge in [0.15, 0.2) is 0 Å². The highest BCUT2D eigenvalue weighted by Crippen LogP contribution is 2.20. The topological polar surface area (TPSA) is 58.1 Å². The van der Waals surface area contributed by atoms with Crippen molar-refractivity contribution in [3.8, 4) is 0 Å². The smallest absolute Gasteiger partial charge is 0.330 e. The minimum atomic E-state index is -0.119. The third-order valence-electron chi connectivity index (χ3n) is 3.87. The van der Waals surface area contributed by atoms with Crippen molar-refractivity contribution < 1.29 is 4.79 Å². The number of para-hydroxylation sites is 2. The summed E-state index contributed by atoms with van der Waals surface area (Å²) in [6.07, 6.45) is 2.67. The zero-order valence-electron chi connectivity index (χ0n) is 15.9. The van der Waals surface area contributed by atoms with Gasteiger partial charge in [-0.1, -0.05) is 46.8 Å². The molecule has 0 bridgehead atoms. The van der Waals surface area contributed by atoms with Crippen LogP contribution in [0.1, 0.15) is 41.0 Å². The van der Waals surface area contributed by atoms with Gasteiger partial charge in [0.05, 0.1) is 11.0 Å². The van der Waals surface area contributed by atoms with Crippen molar-refractivity contribution in [1.82, 2.24) is 14.5 Å². The molecule has 3 rings (SSSR count). The molecule has 25 heavy (non-hydrogen) atoms. The molecule has 1 aliphatic rings. The molecule has 0 spiro atoms. The predicted octanol–water partition coefficient (Wildman–Crippen LogP) is 3.72. The average Bonchev–Trinajstić information content (AvgIpc) is 2.89. The number of hydrogen-bond donors (Lipinski definition) is 1. The van der Waals surface area contributed by atoms with Crippen molar-refractivity contribution in [2.45, 2.75) is 41.0 Å². The molecule has 0 saturated carbocycles. The molecule has 1 N–H and O–H groups in total. The van der Waals surface area contributed by atoms with Crippen molar-refractivity contribution in [2.75, 3.05) is 13.1 Å². The number of aromatic nitrogens is 2. The van der Waals surface area contributed by atoms with E-state index >= 15 is 0 Å². The third-order valence-corrected chi connectivity index (χ3v) is 3.87. The lowest BCUT2D eigenvalue weighted by Gasteiger charge is -2.28. The second-order valence-corrected chi connectivity index (χ2v) is 7.40. The fourth-order valence-electron chi connectivity index (χ4n) is 2.77. The summed E-state index contributed by atoms with van der Waals surface area (Å²) in [5.74, 6) is 1.01. The number of nitrogens with zero attached hydrogens (tertiary/aromatic N) is 2. The first-order valence-corrected chi connectivity index (χ1v) is 8.99. The van der Waals surface area contributed by atoms with E-state index in [1.165, 1.54) is 0 Å². The Labute approximate surface area is 149 Å². The number of imidazole rings is 1. The predicted molar refractivity (Wildman–Crippen MR) is 103 cm³/mol. The molecule has 0 unspecified atom stereocenters. The number of fused-ring (bicyclic) bond motifs is 1. The van der Waals surface area contributed by atoms with Crippen LogP contribution in [0.2, 0.25) is 0 Å². The summed E-state index contributed by atoms with van der Waals surface area (Å²) in [5, 5.41) is 0. The Kier molecular flexibility index (Phi) is 6.23. The molecule has 0 atom stereocenters. The van der Waals surface area contributed by atoms with Crippen LogP contribution >= 0.6 is 0 Å². The van der Waals surface area contributed by atoms with Crippen LogP contribution in [-0.4, -0.2) is 33.4 Å². The Hall–Kier alpha value is -2.30. The number of amides is 1. The van der Waals surface area contributed by atoms with E-state index in [1.807, 2.05) is 49.1 Å². The first-order valence-electron chi connectivity index (χ1n) is 8.99. The summed E-state index contributed by atoms with van der Waals surface area (Å²) in [7, 11) is 0. The molecule has 0 saturated heterocycles. The van der Waals surface area contributed by atoms with Gasteiger partial charge >= 0.3 is 5.69 Å². The monoisotopic (exact) mass is 343 g/mol. The third kappa shape index (κ3) is 4.62. The molecule has 0 fully saturated rings. The normalized spacial score (nSPS) is 14.5. The summed E-state index contributed by atoms with van der Waals surface area (Å²) in [6, 6.07) is 7.65. The van der Waals surface area contributed by atoms with E-state index < -0.39 is 0 Å². The van der Waals surface area contributed by atoms with Crippen molar-refractivity contribution in [3.05, 3.63) is 40.8 Å². The van der Waals surface area contributed by atoms with Gasteiger partial charge in [-0.25, -0.2) is 4.79 Å². The Morgan fingerprint density at radius 2 is 1.76 bits per heavy atom. The quantitative estimate of drug-likeness (QED) is 0.903. The molecule has 2 heterocycles. The summed E-state index contributed by atoms with van der Waals surface area (Å²) < 4.78 is 1.71. The second-order valence-electron chi connectivity index (χ2n) is 7.40. The molecule has 2 aromatic rings. The summed E-state index contributed by atoms with van der Waals surface area (Å²) in [4.78, 5) is 28.8. The molecule has 0 radical (unpaired) electrons. The molecule has 1 amide bonds. The largest absolute Gasteiger partial charge is 0.338 e. The zero-order chi connectivity index (χ0) is 18.6. The highest BCUT2D eigenvalue weighted by molar-refractivity contribution is 5.81. The number of carbonyl (C=O) groups excluding carboxylic acids is 1. The van der Waals surface area contributed by atoms with E-state index in [-0.39, 0.29) is 17.5 Å². The fourth-order valence-corrected chi connectivity index (χ4v) is 2.77. The minimum absolute atomic E-state index is 0.00996. The van der Waals surface area contributed by atoms with Gasteiger partial charge in [-0.15, -0.1) is 0 Å². The fraction of sp³-hybridized carbons (Fsp3) is 0.500. The lowest BCUT2D eigenvalue weighted by molar-refractivity contribution is -0.134. The Morgan fingerprint density at radius 3 is 2.32 bits per heavy atom. The molecule has 0 aliphatic carbocycles. The molecular weight excluding hydrogens is 314 g/mol. The van der Waals surface area contributed by atoms with Gasteiger partial charge in [-0.2, -0.15) is 0 Å². The molecule has 136 valence electrons. The lowest BCUT2D eigenvalue weighted by atomic mass is 10.1. The molecule has 5 heteroatoms. The van der Waals surface area contributed by atoms with Crippen LogP contribution in [0.25, 0.3) is 16.7 Å². The van der Waals surface area contributed by atoms with E-state index in [1.54, 1.807) is 4.57 Å². The molecule has 1 aromatic heterocycles. The van der Waals surface area contributed by atoms with E-state index in [4.69, 9.17) is 0 Å². The molecular formula is C20H29N3O2. The zero-order valence-corrected chi connectivity index (χ0v) is 15.9. The molecule has 1 aromatic carbocycles.